The lowest BCUT2D eigenvalue weighted by atomic mass is 10.1. The average Bonchev–Trinajstić information content (AvgIpc) is 2.48. The van der Waals surface area contributed by atoms with Gasteiger partial charge in [-0.15, -0.1) is 0 Å². The predicted molar refractivity (Wildman–Crippen MR) is 75.7 cm³/mol. The smallest absolute Gasteiger partial charge is 0.311 e. The third-order valence-corrected chi connectivity index (χ3v) is 2.79. The van der Waals surface area contributed by atoms with Crippen molar-refractivity contribution in [1.29, 1.82) is 0 Å². The molecular formula is C14H12N2O5. The van der Waals surface area contributed by atoms with Gasteiger partial charge in [0.1, 0.15) is 5.75 Å². The number of rotatable bonds is 4. The second kappa shape index (κ2) is 5.91. The van der Waals surface area contributed by atoms with Gasteiger partial charge in [-0.3, -0.25) is 14.9 Å². The Kier molecular flexibility index (Phi) is 4.03. The fraction of sp³-hybridized carbons (Fsp3) is 0.0714. The van der Waals surface area contributed by atoms with Crippen molar-refractivity contribution >= 4 is 17.3 Å². The topological polar surface area (TPSA) is 102 Å². The number of phenols is 1. The van der Waals surface area contributed by atoms with E-state index in [0.29, 0.717) is 0 Å². The van der Waals surface area contributed by atoms with Crippen molar-refractivity contribution in [3.63, 3.8) is 0 Å². The molecular weight excluding hydrogens is 276 g/mol. The third kappa shape index (κ3) is 3.08. The monoisotopic (exact) mass is 288 g/mol. The molecule has 1 amide bonds. The summed E-state index contributed by atoms with van der Waals surface area (Å²) in [5, 5.41) is 23.0. The molecule has 0 spiro atoms. The van der Waals surface area contributed by atoms with Crippen molar-refractivity contribution < 1.29 is 19.6 Å². The highest BCUT2D eigenvalue weighted by atomic mass is 16.6. The lowest BCUT2D eigenvalue weighted by Gasteiger charge is -2.08. The Morgan fingerprint density at radius 2 is 2.00 bits per heavy atom. The van der Waals surface area contributed by atoms with Crippen molar-refractivity contribution in [3.8, 4) is 11.5 Å². The Morgan fingerprint density at radius 3 is 2.62 bits per heavy atom. The predicted octanol–water partition coefficient (Wildman–Crippen LogP) is 2.56. The number of carbonyl (C=O) groups is 1. The molecule has 2 N–H and O–H groups in total. The molecule has 0 heterocycles. The first-order chi connectivity index (χ1) is 10.0. The maximum atomic E-state index is 12.1. The minimum atomic E-state index is -0.629. The summed E-state index contributed by atoms with van der Waals surface area (Å²) in [5.41, 5.74) is 0.00848. The minimum Gasteiger partial charge on any atom is -0.506 e. The summed E-state index contributed by atoms with van der Waals surface area (Å²) in [6.07, 6.45) is 0. The van der Waals surface area contributed by atoms with Gasteiger partial charge in [0.2, 0.25) is 0 Å². The van der Waals surface area contributed by atoms with E-state index in [1.165, 1.54) is 31.4 Å². The van der Waals surface area contributed by atoms with Gasteiger partial charge in [-0.2, -0.15) is 0 Å². The van der Waals surface area contributed by atoms with Crippen LogP contribution in [0, 0.1) is 10.1 Å². The summed E-state index contributed by atoms with van der Waals surface area (Å²) in [7, 11) is 1.31. The van der Waals surface area contributed by atoms with E-state index in [1.807, 2.05) is 0 Å². The number of nitro groups is 1. The van der Waals surface area contributed by atoms with Crippen LogP contribution in [0.1, 0.15) is 10.4 Å². The molecule has 2 aromatic rings. The van der Waals surface area contributed by atoms with Gasteiger partial charge in [0.25, 0.3) is 5.91 Å². The van der Waals surface area contributed by atoms with Gasteiger partial charge in [-0.05, 0) is 24.3 Å². The quantitative estimate of drug-likeness (QED) is 0.511. The number of hydrogen-bond donors (Lipinski definition) is 2. The number of aromatic hydroxyl groups is 1. The van der Waals surface area contributed by atoms with Crippen LogP contribution in [0.4, 0.5) is 11.4 Å². The molecule has 0 radical (unpaired) electrons. The van der Waals surface area contributed by atoms with E-state index in [0.717, 1.165) is 6.07 Å². The highest BCUT2D eigenvalue weighted by Crippen LogP contribution is 2.28. The van der Waals surface area contributed by atoms with Crippen LogP contribution in [0.2, 0.25) is 0 Å². The van der Waals surface area contributed by atoms with E-state index < -0.39 is 10.8 Å². The van der Waals surface area contributed by atoms with Gasteiger partial charge < -0.3 is 15.2 Å². The highest BCUT2D eigenvalue weighted by Gasteiger charge is 2.18. The second-order valence-electron chi connectivity index (χ2n) is 4.12. The molecule has 7 heteroatoms. The molecule has 108 valence electrons. The first kappa shape index (κ1) is 14.3. The van der Waals surface area contributed by atoms with Gasteiger partial charge in [-0.1, -0.05) is 12.1 Å². The van der Waals surface area contributed by atoms with Crippen molar-refractivity contribution in [1.82, 2.24) is 0 Å². The maximum absolute atomic E-state index is 12.1. The molecule has 0 aromatic heterocycles. The molecule has 2 aromatic carbocycles. The second-order valence-corrected chi connectivity index (χ2v) is 4.12. The van der Waals surface area contributed by atoms with E-state index in [1.54, 1.807) is 12.1 Å². The number of carbonyl (C=O) groups excluding carboxylic acids is 1. The van der Waals surface area contributed by atoms with Crippen molar-refractivity contribution in [2.45, 2.75) is 0 Å². The Morgan fingerprint density at radius 1 is 1.29 bits per heavy atom. The number of amides is 1. The Hall–Kier alpha value is -3.09. The van der Waals surface area contributed by atoms with Crippen molar-refractivity contribution in [2.24, 2.45) is 0 Å². The van der Waals surface area contributed by atoms with Crippen LogP contribution in [-0.2, 0) is 0 Å². The molecule has 2 rings (SSSR count). The van der Waals surface area contributed by atoms with E-state index in [2.05, 4.69) is 5.32 Å². The molecule has 0 unspecified atom stereocenters. The van der Waals surface area contributed by atoms with Gasteiger partial charge in [-0.25, -0.2) is 0 Å². The molecule has 0 bridgehead atoms. The summed E-state index contributed by atoms with van der Waals surface area (Å²) in [6.45, 7) is 0. The Bertz CT molecular complexity index is 700. The van der Waals surface area contributed by atoms with Crippen LogP contribution < -0.4 is 10.1 Å². The average molecular weight is 288 g/mol. The summed E-state index contributed by atoms with van der Waals surface area (Å²) >= 11 is 0. The normalized spacial score (nSPS) is 9.95. The first-order valence-corrected chi connectivity index (χ1v) is 5.94. The number of nitrogens with zero attached hydrogens (tertiary/aromatic N) is 1. The summed E-state index contributed by atoms with van der Waals surface area (Å²) < 4.78 is 4.87. The Labute approximate surface area is 119 Å². The van der Waals surface area contributed by atoms with Crippen LogP contribution in [0.25, 0.3) is 0 Å². The number of phenolic OH excluding ortho intramolecular Hbond substituents is 1. The highest BCUT2D eigenvalue weighted by molar-refractivity contribution is 6.05. The molecule has 21 heavy (non-hydrogen) atoms. The number of methoxy groups -OCH3 is 1. The summed E-state index contributed by atoms with van der Waals surface area (Å²) in [4.78, 5) is 22.3. The van der Waals surface area contributed by atoms with Gasteiger partial charge in [0, 0.05) is 11.6 Å². The van der Waals surface area contributed by atoms with E-state index in [4.69, 9.17) is 4.74 Å². The van der Waals surface area contributed by atoms with Gasteiger partial charge >= 0.3 is 5.69 Å². The number of hydrogen-bond acceptors (Lipinski definition) is 5. The zero-order valence-corrected chi connectivity index (χ0v) is 11.1. The SMILES string of the molecule is COc1ccc(C(=O)Nc2ccccc2O)cc1[N+](=O)[O-]. The van der Waals surface area contributed by atoms with Crippen LogP contribution in [0.15, 0.2) is 42.5 Å². The summed E-state index contributed by atoms with van der Waals surface area (Å²) in [5.74, 6) is -0.588. The van der Waals surface area contributed by atoms with Crippen molar-refractivity contribution in [2.75, 3.05) is 12.4 Å². The molecule has 0 saturated carbocycles. The number of ether oxygens (including phenoxy) is 1. The fourth-order valence-electron chi connectivity index (χ4n) is 1.75. The number of anilines is 1. The standard InChI is InChI=1S/C14H12N2O5/c1-21-13-7-6-9(8-11(13)16(19)20)14(18)15-10-4-2-3-5-12(10)17/h2-8,17H,1H3,(H,15,18). The largest absolute Gasteiger partial charge is 0.506 e. The lowest BCUT2D eigenvalue weighted by molar-refractivity contribution is -0.385. The fourth-order valence-corrected chi connectivity index (χ4v) is 1.75. The molecule has 0 saturated heterocycles. The number of benzene rings is 2. The van der Waals surface area contributed by atoms with E-state index in [9.17, 15) is 20.0 Å². The van der Waals surface area contributed by atoms with Crippen LogP contribution >= 0.6 is 0 Å². The number of nitrogens with one attached hydrogen (secondary N) is 1. The molecule has 0 aliphatic carbocycles. The zero-order valence-electron chi connectivity index (χ0n) is 11.1. The van der Waals surface area contributed by atoms with Crippen LogP contribution in [-0.4, -0.2) is 23.0 Å². The van der Waals surface area contributed by atoms with Gasteiger partial charge in [0.15, 0.2) is 5.75 Å². The zero-order chi connectivity index (χ0) is 15.4. The van der Waals surface area contributed by atoms with E-state index in [-0.39, 0.29) is 28.4 Å². The number of para-hydroxylation sites is 2. The first-order valence-electron chi connectivity index (χ1n) is 5.94. The molecule has 0 atom stereocenters. The Balaban J connectivity index is 2.30. The van der Waals surface area contributed by atoms with Crippen molar-refractivity contribution in [3.05, 3.63) is 58.1 Å². The van der Waals surface area contributed by atoms with Crippen LogP contribution in [0.5, 0.6) is 11.5 Å². The van der Waals surface area contributed by atoms with E-state index >= 15 is 0 Å². The maximum Gasteiger partial charge on any atom is 0.311 e. The minimum absolute atomic E-state index is 0.0686. The van der Waals surface area contributed by atoms with Crippen LogP contribution in [0.3, 0.4) is 0 Å². The molecule has 0 fully saturated rings. The van der Waals surface area contributed by atoms with Gasteiger partial charge in [0.05, 0.1) is 17.7 Å². The molecule has 7 nitrogen and oxygen atoms in total. The third-order valence-electron chi connectivity index (χ3n) is 2.79. The summed E-state index contributed by atoms with van der Waals surface area (Å²) in [6, 6.07) is 10.1. The molecule has 0 aliphatic rings. The molecule has 0 aliphatic heterocycles. The lowest BCUT2D eigenvalue weighted by Crippen LogP contribution is -2.12. The number of nitro benzene ring substituents is 1.